The zero-order chi connectivity index (χ0) is 23.1. The molecule has 1 amide bonds. The number of nitrogens with zero attached hydrogens (tertiary/aromatic N) is 5. The van der Waals surface area contributed by atoms with Crippen molar-refractivity contribution in [3.8, 4) is 11.8 Å². The third kappa shape index (κ3) is 6.12. The number of nitrogens with one attached hydrogen (secondary N) is 1. The molecule has 0 bridgehead atoms. The van der Waals surface area contributed by atoms with Gasteiger partial charge >= 0.3 is 0 Å². The van der Waals surface area contributed by atoms with Crippen LogP contribution in [-0.2, 0) is 11.3 Å². The molecule has 0 atom stereocenters. The maximum Gasteiger partial charge on any atom is 0.231 e. The molecule has 176 valence electrons. The molecule has 33 heavy (non-hydrogen) atoms. The Kier molecular flexibility index (Phi) is 7.99. The minimum Gasteiger partial charge on any atom is -0.337 e. The first-order valence-corrected chi connectivity index (χ1v) is 12.8. The van der Waals surface area contributed by atoms with Crippen molar-refractivity contribution < 1.29 is 9.18 Å². The van der Waals surface area contributed by atoms with Crippen LogP contribution in [0.15, 0.2) is 29.4 Å². The Hall–Kier alpha value is -2.44. The van der Waals surface area contributed by atoms with Gasteiger partial charge in [-0.2, -0.15) is 5.26 Å². The predicted octanol–water partition coefficient (Wildman–Crippen LogP) is 4.22. The van der Waals surface area contributed by atoms with Gasteiger partial charge in [-0.25, -0.2) is 4.39 Å². The summed E-state index contributed by atoms with van der Waals surface area (Å²) in [7, 11) is 0. The van der Waals surface area contributed by atoms with Gasteiger partial charge in [0.25, 0.3) is 0 Å². The highest BCUT2D eigenvalue weighted by atomic mass is 32.2. The number of piperidine rings is 1. The largest absolute Gasteiger partial charge is 0.337 e. The van der Waals surface area contributed by atoms with Crippen molar-refractivity contribution in [1.82, 2.24) is 25.0 Å². The number of hydrogen-bond donors (Lipinski definition) is 1. The Labute approximate surface area is 198 Å². The highest BCUT2D eigenvalue weighted by Gasteiger charge is 2.32. The van der Waals surface area contributed by atoms with Gasteiger partial charge in [0.05, 0.1) is 18.4 Å². The molecular weight excluding hydrogens is 439 g/mol. The standard InChI is InChI=1S/C24H31FN6OS/c25-19-8-10-20(11-9-19)31-21(16-30-14-6-3-7-15-30)28-29-23(31)33-17-22(32)27-24(18-26)12-4-1-2-5-13-24/h8-11H,1-7,12-17H2,(H,27,32). The summed E-state index contributed by atoms with van der Waals surface area (Å²) in [5.74, 6) is 0.452. The molecule has 4 rings (SSSR count). The normalized spacial score (nSPS) is 18.9. The van der Waals surface area contributed by atoms with E-state index in [0.717, 1.165) is 50.3 Å². The number of carbonyl (C=O) groups excluding carboxylic acids is 1. The molecular formula is C24H31FN6OS. The van der Waals surface area contributed by atoms with Crippen LogP contribution in [0, 0.1) is 17.1 Å². The van der Waals surface area contributed by atoms with Crippen LogP contribution < -0.4 is 5.32 Å². The minimum atomic E-state index is -0.766. The van der Waals surface area contributed by atoms with Gasteiger partial charge < -0.3 is 5.32 Å². The van der Waals surface area contributed by atoms with Crippen molar-refractivity contribution >= 4 is 17.7 Å². The Morgan fingerprint density at radius 3 is 2.39 bits per heavy atom. The quantitative estimate of drug-likeness (QED) is 0.482. The van der Waals surface area contributed by atoms with Crippen molar-refractivity contribution in [3.63, 3.8) is 0 Å². The van der Waals surface area contributed by atoms with Gasteiger partial charge in [-0.3, -0.25) is 14.3 Å². The summed E-state index contributed by atoms with van der Waals surface area (Å²) in [6.07, 6.45) is 9.13. The lowest BCUT2D eigenvalue weighted by Crippen LogP contribution is -2.47. The highest BCUT2D eigenvalue weighted by Crippen LogP contribution is 2.28. The van der Waals surface area contributed by atoms with Gasteiger partial charge in [0.15, 0.2) is 11.0 Å². The number of halogens is 1. The number of aromatic nitrogens is 3. The number of carbonyl (C=O) groups is 1. The molecule has 9 heteroatoms. The van der Waals surface area contributed by atoms with Crippen LogP contribution >= 0.6 is 11.8 Å². The second-order valence-corrected chi connectivity index (χ2v) is 9.93. The first-order chi connectivity index (χ1) is 16.1. The van der Waals surface area contributed by atoms with E-state index in [-0.39, 0.29) is 17.5 Å². The van der Waals surface area contributed by atoms with Crippen LogP contribution in [0.2, 0.25) is 0 Å². The molecule has 1 aliphatic carbocycles. The summed E-state index contributed by atoms with van der Waals surface area (Å²) >= 11 is 1.30. The molecule has 0 spiro atoms. The fourth-order valence-electron chi connectivity index (χ4n) is 4.69. The number of amides is 1. The van der Waals surface area contributed by atoms with E-state index in [1.807, 2.05) is 4.57 Å². The van der Waals surface area contributed by atoms with Crippen LogP contribution in [0.5, 0.6) is 0 Å². The highest BCUT2D eigenvalue weighted by molar-refractivity contribution is 7.99. The monoisotopic (exact) mass is 470 g/mol. The number of thioether (sulfide) groups is 1. The second-order valence-electron chi connectivity index (χ2n) is 8.99. The molecule has 2 fully saturated rings. The summed E-state index contributed by atoms with van der Waals surface area (Å²) in [5.41, 5.74) is 0.00615. The van der Waals surface area contributed by atoms with Gasteiger partial charge in [0.2, 0.25) is 5.91 Å². The van der Waals surface area contributed by atoms with Gasteiger partial charge in [0, 0.05) is 5.69 Å². The van der Waals surface area contributed by atoms with E-state index in [1.165, 1.54) is 43.2 Å². The van der Waals surface area contributed by atoms with Crippen LogP contribution in [0.4, 0.5) is 4.39 Å². The van der Waals surface area contributed by atoms with Crippen molar-refractivity contribution in [2.24, 2.45) is 0 Å². The third-order valence-corrected chi connectivity index (χ3v) is 7.41. The molecule has 2 aromatic rings. The van der Waals surface area contributed by atoms with Crippen LogP contribution in [0.1, 0.15) is 63.6 Å². The van der Waals surface area contributed by atoms with Crippen molar-refractivity contribution in [3.05, 3.63) is 35.9 Å². The first-order valence-electron chi connectivity index (χ1n) is 11.9. The van der Waals surface area contributed by atoms with Crippen molar-refractivity contribution in [1.29, 1.82) is 5.26 Å². The average Bonchev–Trinajstić information content (AvgIpc) is 3.07. The Bertz CT molecular complexity index is 972. The lowest BCUT2D eigenvalue weighted by Gasteiger charge is -2.26. The summed E-state index contributed by atoms with van der Waals surface area (Å²) in [4.78, 5) is 15.1. The number of hydrogen-bond acceptors (Lipinski definition) is 6. The molecule has 1 aliphatic heterocycles. The molecule has 2 aliphatic rings. The van der Waals surface area contributed by atoms with Crippen LogP contribution in [0.3, 0.4) is 0 Å². The molecule has 1 saturated carbocycles. The number of rotatable bonds is 7. The van der Waals surface area contributed by atoms with E-state index in [4.69, 9.17) is 0 Å². The fraction of sp³-hybridized carbons (Fsp3) is 0.583. The molecule has 7 nitrogen and oxygen atoms in total. The zero-order valence-electron chi connectivity index (χ0n) is 18.9. The summed E-state index contributed by atoms with van der Waals surface area (Å²) in [6, 6.07) is 8.62. The van der Waals surface area contributed by atoms with E-state index in [2.05, 4.69) is 26.5 Å². The summed E-state index contributed by atoms with van der Waals surface area (Å²) < 4.78 is 15.5. The van der Waals surface area contributed by atoms with E-state index >= 15 is 0 Å². The summed E-state index contributed by atoms with van der Waals surface area (Å²) in [6.45, 7) is 2.71. The molecule has 1 aromatic heterocycles. The van der Waals surface area contributed by atoms with Crippen LogP contribution in [0.25, 0.3) is 5.69 Å². The van der Waals surface area contributed by atoms with Crippen LogP contribution in [-0.4, -0.2) is 50.0 Å². The van der Waals surface area contributed by atoms with Crippen molar-refractivity contribution in [2.75, 3.05) is 18.8 Å². The molecule has 1 saturated heterocycles. The van der Waals surface area contributed by atoms with Gasteiger partial charge in [-0.05, 0) is 63.0 Å². The summed E-state index contributed by atoms with van der Waals surface area (Å²) in [5, 5.41) is 22.1. The second kappa shape index (κ2) is 11.1. The van der Waals surface area contributed by atoms with E-state index in [9.17, 15) is 14.4 Å². The smallest absolute Gasteiger partial charge is 0.231 e. The number of benzene rings is 1. The molecule has 2 heterocycles. The first kappa shape index (κ1) is 23.7. The fourth-order valence-corrected chi connectivity index (χ4v) is 5.46. The van der Waals surface area contributed by atoms with E-state index in [1.54, 1.807) is 12.1 Å². The Balaban J connectivity index is 1.48. The lowest BCUT2D eigenvalue weighted by atomic mass is 9.92. The Morgan fingerprint density at radius 2 is 1.73 bits per heavy atom. The van der Waals surface area contributed by atoms with Crippen molar-refractivity contribution in [2.45, 2.75) is 75.0 Å². The molecule has 1 N–H and O–H groups in total. The number of likely N-dealkylation sites (tertiary alicyclic amines) is 1. The predicted molar refractivity (Wildman–Crippen MR) is 125 cm³/mol. The van der Waals surface area contributed by atoms with E-state index < -0.39 is 5.54 Å². The molecule has 0 radical (unpaired) electrons. The zero-order valence-corrected chi connectivity index (χ0v) is 19.7. The molecule has 1 aromatic carbocycles. The maximum atomic E-state index is 13.5. The Morgan fingerprint density at radius 1 is 1.06 bits per heavy atom. The minimum absolute atomic E-state index is 0.145. The lowest BCUT2D eigenvalue weighted by molar-refractivity contribution is -0.120. The average molecular weight is 471 g/mol. The van der Waals surface area contributed by atoms with Gasteiger partial charge in [-0.1, -0.05) is 43.9 Å². The molecule has 0 unspecified atom stereocenters. The SMILES string of the molecule is N#CC1(NC(=O)CSc2nnc(CN3CCCCC3)n2-c2ccc(F)cc2)CCCCCC1. The van der Waals surface area contributed by atoms with Gasteiger partial charge in [-0.15, -0.1) is 10.2 Å². The third-order valence-electron chi connectivity index (χ3n) is 6.48. The van der Waals surface area contributed by atoms with Gasteiger partial charge in [0.1, 0.15) is 11.4 Å². The topological polar surface area (TPSA) is 86.8 Å². The maximum absolute atomic E-state index is 13.5. The van der Waals surface area contributed by atoms with E-state index in [0.29, 0.717) is 24.5 Å². The number of nitriles is 1.